The number of hydrogen-bond donors (Lipinski definition) is 1. The van der Waals surface area contributed by atoms with E-state index in [4.69, 9.17) is 0 Å². The van der Waals surface area contributed by atoms with Gasteiger partial charge in [0.25, 0.3) is 5.91 Å². The van der Waals surface area contributed by atoms with Crippen LogP contribution in [0.4, 0.5) is 10.1 Å². The van der Waals surface area contributed by atoms with Gasteiger partial charge in [-0.2, -0.15) is 5.10 Å². The predicted molar refractivity (Wildman–Crippen MR) is 112 cm³/mol. The number of aryl methyl sites for hydroxylation is 1. The van der Waals surface area contributed by atoms with E-state index in [-0.39, 0.29) is 5.69 Å². The molecule has 1 heterocycles. The predicted octanol–water partition coefficient (Wildman–Crippen LogP) is 5.30. The van der Waals surface area contributed by atoms with Gasteiger partial charge in [-0.1, -0.05) is 66.7 Å². The Bertz CT molecular complexity index is 1140. The minimum Gasteiger partial charge on any atom is -0.319 e. The highest BCUT2D eigenvalue weighted by Crippen LogP contribution is 2.24. The number of anilines is 1. The number of carbonyl (C=O) groups excluding carboxylic acids is 1. The largest absolute Gasteiger partial charge is 0.319 e. The number of hydrogen-bond acceptors (Lipinski definition) is 2. The van der Waals surface area contributed by atoms with Crippen LogP contribution in [-0.2, 0) is 6.54 Å². The molecule has 1 amide bonds. The molecule has 0 aliphatic carbocycles. The molecule has 0 radical (unpaired) electrons. The second-order valence-electron chi connectivity index (χ2n) is 6.88. The fourth-order valence-electron chi connectivity index (χ4n) is 3.16. The average molecular weight is 385 g/mol. The molecule has 0 saturated carbocycles. The molecule has 3 aromatic carbocycles. The highest BCUT2D eigenvalue weighted by molar-refractivity contribution is 6.08. The van der Waals surface area contributed by atoms with Crippen molar-refractivity contribution in [1.29, 1.82) is 0 Å². The highest BCUT2D eigenvalue weighted by atomic mass is 19.1. The summed E-state index contributed by atoms with van der Waals surface area (Å²) in [6.45, 7) is 2.34. The molecule has 0 aliphatic rings. The van der Waals surface area contributed by atoms with Crippen molar-refractivity contribution in [1.82, 2.24) is 9.78 Å². The molecular weight excluding hydrogens is 365 g/mol. The second-order valence-corrected chi connectivity index (χ2v) is 6.88. The van der Waals surface area contributed by atoms with Crippen molar-refractivity contribution in [3.63, 3.8) is 0 Å². The van der Waals surface area contributed by atoms with Gasteiger partial charge in [-0.3, -0.25) is 9.48 Å². The van der Waals surface area contributed by atoms with Crippen LogP contribution in [0.1, 0.15) is 21.5 Å². The van der Waals surface area contributed by atoms with Crippen LogP contribution in [0, 0.1) is 12.7 Å². The summed E-state index contributed by atoms with van der Waals surface area (Å²) in [4.78, 5) is 13.0. The van der Waals surface area contributed by atoms with Crippen molar-refractivity contribution in [2.45, 2.75) is 13.5 Å². The van der Waals surface area contributed by atoms with E-state index in [0.29, 0.717) is 17.8 Å². The van der Waals surface area contributed by atoms with Gasteiger partial charge in [0.2, 0.25) is 0 Å². The van der Waals surface area contributed by atoms with Gasteiger partial charge in [-0.05, 0) is 30.2 Å². The Morgan fingerprint density at radius 1 is 1.00 bits per heavy atom. The molecule has 4 aromatic rings. The molecular formula is C24H20FN3O. The van der Waals surface area contributed by atoms with Crippen LogP contribution in [-0.4, -0.2) is 15.7 Å². The first-order valence-corrected chi connectivity index (χ1v) is 9.34. The minimum atomic E-state index is -0.462. The fraction of sp³-hybridized carbons (Fsp3) is 0.0833. The summed E-state index contributed by atoms with van der Waals surface area (Å²) in [7, 11) is 0. The molecule has 29 heavy (non-hydrogen) atoms. The molecule has 1 N–H and O–H groups in total. The van der Waals surface area contributed by atoms with E-state index in [9.17, 15) is 9.18 Å². The van der Waals surface area contributed by atoms with Gasteiger partial charge in [0.15, 0.2) is 0 Å². The van der Waals surface area contributed by atoms with Gasteiger partial charge in [0, 0.05) is 11.8 Å². The molecule has 0 saturated heterocycles. The normalized spacial score (nSPS) is 10.7. The summed E-state index contributed by atoms with van der Waals surface area (Å²) in [6.07, 6.45) is 1.71. The number of nitrogens with one attached hydrogen (secondary N) is 1. The van der Waals surface area contributed by atoms with Crippen LogP contribution in [0.3, 0.4) is 0 Å². The Morgan fingerprint density at radius 3 is 2.38 bits per heavy atom. The maximum Gasteiger partial charge on any atom is 0.259 e. The lowest BCUT2D eigenvalue weighted by Gasteiger charge is -2.07. The second kappa shape index (κ2) is 8.10. The number of rotatable bonds is 5. The highest BCUT2D eigenvalue weighted by Gasteiger charge is 2.19. The zero-order chi connectivity index (χ0) is 20.2. The van der Waals surface area contributed by atoms with Gasteiger partial charge in [0.05, 0.1) is 17.8 Å². The van der Waals surface area contributed by atoms with Crippen LogP contribution in [0.5, 0.6) is 0 Å². The third-order valence-corrected chi connectivity index (χ3v) is 4.61. The van der Waals surface area contributed by atoms with Crippen molar-refractivity contribution in [3.8, 4) is 11.3 Å². The Hall–Kier alpha value is -3.73. The molecule has 4 rings (SSSR count). The SMILES string of the molecule is Cc1ccc(NC(=O)c2cn(Cc3ccccc3)nc2-c2ccccc2)c(F)c1. The van der Waals surface area contributed by atoms with Crippen LogP contribution >= 0.6 is 0 Å². The van der Waals surface area contributed by atoms with Crippen molar-refractivity contribution in [2.75, 3.05) is 5.32 Å². The Morgan fingerprint density at radius 2 is 1.69 bits per heavy atom. The average Bonchev–Trinajstić information content (AvgIpc) is 3.15. The molecule has 0 bridgehead atoms. The van der Waals surface area contributed by atoms with Crippen molar-refractivity contribution < 1.29 is 9.18 Å². The Balaban J connectivity index is 1.69. The lowest BCUT2D eigenvalue weighted by atomic mass is 10.1. The number of amides is 1. The van der Waals surface area contributed by atoms with Gasteiger partial charge >= 0.3 is 0 Å². The molecule has 0 spiro atoms. The summed E-state index contributed by atoms with van der Waals surface area (Å²) in [5, 5.41) is 7.31. The quantitative estimate of drug-likeness (QED) is 0.507. The third kappa shape index (κ3) is 4.24. The molecule has 0 fully saturated rings. The number of halogens is 1. The summed E-state index contributed by atoms with van der Waals surface area (Å²) >= 11 is 0. The van der Waals surface area contributed by atoms with Gasteiger partial charge in [-0.15, -0.1) is 0 Å². The molecule has 0 unspecified atom stereocenters. The summed E-state index contributed by atoms with van der Waals surface area (Å²) in [5.41, 5.74) is 3.80. The zero-order valence-corrected chi connectivity index (χ0v) is 16.0. The van der Waals surface area contributed by atoms with E-state index in [1.54, 1.807) is 29.9 Å². The van der Waals surface area contributed by atoms with Crippen LogP contribution in [0.25, 0.3) is 11.3 Å². The first-order valence-electron chi connectivity index (χ1n) is 9.34. The monoisotopic (exact) mass is 385 g/mol. The van der Waals surface area contributed by atoms with Crippen molar-refractivity contribution in [2.24, 2.45) is 0 Å². The minimum absolute atomic E-state index is 0.149. The summed E-state index contributed by atoms with van der Waals surface area (Å²) in [5.74, 6) is -0.859. The van der Waals surface area contributed by atoms with Gasteiger partial charge in [-0.25, -0.2) is 4.39 Å². The maximum atomic E-state index is 14.2. The molecule has 144 valence electrons. The first kappa shape index (κ1) is 18.6. The van der Waals surface area contributed by atoms with E-state index >= 15 is 0 Å². The Kier molecular flexibility index (Phi) is 5.20. The van der Waals surface area contributed by atoms with E-state index < -0.39 is 11.7 Å². The third-order valence-electron chi connectivity index (χ3n) is 4.61. The summed E-state index contributed by atoms with van der Waals surface area (Å²) in [6, 6.07) is 24.1. The van der Waals surface area contributed by atoms with Crippen molar-refractivity contribution >= 4 is 11.6 Å². The fourth-order valence-corrected chi connectivity index (χ4v) is 3.16. The smallest absolute Gasteiger partial charge is 0.259 e. The zero-order valence-electron chi connectivity index (χ0n) is 16.0. The lowest BCUT2D eigenvalue weighted by Crippen LogP contribution is -2.13. The molecule has 0 aliphatic heterocycles. The standard InChI is InChI=1S/C24H20FN3O/c1-17-12-13-22(21(25)14-17)26-24(29)20-16-28(15-18-8-4-2-5-9-18)27-23(20)19-10-6-3-7-11-19/h2-14,16H,15H2,1H3,(H,26,29). The molecule has 4 nitrogen and oxygen atoms in total. The molecule has 0 atom stereocenters. The van der Waals surface area contributed by atoms with E-state index in [1.807, 2.05) is 60.7 Å². The van der Waals surface area contributed by atoms with Crippen molar-refractivity contribution in [3.05, 3.63) is 108 Å². The van der Waals surface area contributed by atoms with Crippen LogP contribution in [0.15, 0.2) is 85.1 Å². The van der Waals surface area contributed by atoms with E-state index in [1.165, 1.54) is 6.07 Å². The number of aromatic nitrogens is 2. The topological polar surface area (TPSA) is 46.9 Å². The maximum absolute atomic E-state index is 14.2. The van der Waals surface area contributed by atoms with Crippen LogP contribution in [0.2, 0.25) is 0 Å². The first-order chi connectivity index (χ1) is 14.1. The summed E-state index contributed by atoms with van der Waals surface area (Å²) < 4.78 is 15.9. The molecule has 1 aromatic heterocycles. The number of benzene rings is 3. The lowest BCUT2D eigenvalue weighted by molar-refractivity contribution is 0.102. The van der Waals surface area contributed by atoms with E-state index in [0.717, 1.165) is 16.7 Å². The van der Waals surface area contributed by atoms with Crippen LogP contribution < -0.4 is 5.32 Å². The van der Waals surface area contributed by atoms with E-state index in [2.05, 4.69) is 10.4 Å². The molecule has 5 heteroatoms. The van der Waals surface area contributed by atoms with Gasteiger partial charge in [0.1, 0.15) is 11.5 Å². The number of nitrogens with zero attached hydrogens (tertiary/aromatic N) is 2. The Labute approximate surface area is 168 Å². The van der Waals surface area contributed by atoms with Gasteiger partial charge < -0.3 is 5.32 Å². The number of carbonyl (C=O) groups is 1.